The van der Waals surface area contributed by atoms with Crippen molar-refractivity contribution in [3.8, 4) is 0 Å². The Morgan fingerprint density at radius 3 is 2.85 bits per heavy atom. The summed E-state index contributed by atoms with van der Waals surface area (Å²) < 4.78 is 6.38. The zero-order valence-electron chi connectivity index (χ0n) is 10.6. The van der Waals surface area contributed by atoms with Gasteiger partial charge in [0.2, 0.25) is 0 Å². The highest BCUT2D eigenvalue weighted by Crippen LogP contribution is 2.25. The Balaban J connectivity index is 1.83. The maximum Gasteiger partial charge on any atom is 0.291 e. The summed E-state index contributed by atoms with van der Waals surface area (Å²) in [5.41, 5.74) is 1.22. The molecular formula is C15H12BrNO3. The molecule has 0 unspecified atom stereocenters. The molecule has 1 aromatic heterocycles. The fourth-order valence-electron chi connectivity index (χ4n) is 2.27. The van der Waals surface area contributed by atoms with Crippen LogP contribution in [0.4, 0.5) is 5.69 Å². The number of Topliss-reactive ketones (excluding diaryl/α,β-unsaturated/α-hetero) is 1. The minimum atomic E-state index is -0.342. The van der Waals surface area contributed by atoms with Crippen LogP contribution in [0.25, 0.3) is 0 Å². The van der Waals surface area contributed by atoms with Gasteiger partial charge in [0.05, 0.1) is 5.56 Å². The first kappa shape index (κ1) is 13.1. The highest BCUT2D eigenvalue weighted by Gasteiger charge is 2.24. The van der Waals surface area contributed by atoms with Crippen LogP contribution in [0.5, 0.6) is 0 Å². The van der Waals surface area contributed by atoms with Gasteiger partial charge in [-0.15, -0.1) is 0 Å². The molecule has 0 bridgehead atoms. The number of halogens is 1. The molecule has 0 aliphatic heterocycles. The summed E-state index contributed by atoms with van der Waals surface area (Å²) in [6.07, 6.45) is 2.02. The third-order valence-corrected chi connectivity index (χ3v) is 3.72. The zero-order chi connectivity index (χ0) is 14.1. The molecule has 0 fully saturated rings. The van der Waals surface area contributed by atoms with Gasteiger partial charge in [0.15, 0.2) is 11.5 Å². The van der Waals surface area contributed by atoms with Gasteiger partial charge in [-0.2, -0.15) is 0 Å². The van der Waals surface area contributed by atoms with Crippen molar-refractivity contribution in [2.45, 2.75) is 19.3 Å². The molecule has 1 heterocycles. The first-order valence-corrected chi connectivity index (χ1v) is 7.15. The number of hydrogen-bond donors (Lipinski definition) is 1. The highest BCUT2D eigenvalue weighted by atomic mass is 79.9. The molecule has 0 saturated carbocycles. The van der Waals surface area contributed by atoms with Crippen LogP contribution >= 0.6 is 15.9 Å². The average molecular weight is 334 g/mol. The molecule has 0 spiro atoms. The van der Waals surface area contributed by atoms with Gasteiger partial charge in [0, 0.05) is 29.1 Å². The fourth-order valence-corrected chi connectivity index (χ4v) is 2.66. The molecule has 0 saturated heterocycles. The minimum absolute atomic E-state index is 0.0523. The van der Waals surface area contributed by atoms with Crippen LogP contribution < -0.4 is 5.32 Å². The van der Waals surface area contributed by atoms with Crippen LogP contribution in [-0.2, 0) is 6.42 Å². The van der Waals surface area contributed by atoms with Crippen LogP contribution in [-0.4, -0.2) is 11.7 Å². The maximum absolute atomic E-state index is 12.1. The van der Waals surface area contributed by atoms with Crippen molar-refractivity contribution in [2.75, 3.05) is 5.32 Å². The number of furan rings is 1. The molecule has 0 atom stereocenters. The van der Waals surface area contributed by atoms with Gasteiger partial charge in [-0.1, -0.05) is 22.0 Å². The number of amides is 1. The molecule has 1 amide bonds. The van der Waals surface area contributed by atoms with Crippen molar-refractivity contribution in [2.24, 2.45) is 0 Å². The lowest BCUT2D eigenvalue weighted by Gasteiger charge is -2.06. The normalized spacial score (nSPS) is 13.9. The van der Waals surface area contributed by atoms with E-state index in [1.807, 2.05) is 12.1 Å². The van der Waals surface area contributed by atoms with E-state index < -0.39 is 0 Å². The molecule has 102 valence electrons. The number of hydrogen-bond acceptors (Lipinski definition) is 3. The molecule has 3 rings (SSSR count). The minimum Gasteiger partial charge on any atom is -0.455 e. The van der Waals surface area contributed by atoms with Crippen molar-refractivity contribution in [3.05, 3.63) is 51.9 Å². The predicted octanol–water partition coefficient (Wildman–Crippen LogP) is 3.81. The number of ketones is 1. The Kier molecular flexibility index (Phi) is 3.44. The smallest absolute Gasteiger partial charge is 0.291 e. The number of aryl methyl sites for hydroxylation is 1. The van der Waals surface area contributed by atoms with Crippen LogP contribution in [0.15, 0.2) is 39.2 Å². The molecule has 0 radical (unpaired) electrons. The van der Waals surface area contributed by atoms with Crippen LogP contribution in [0, 0.1) is 0 Å². The van der Waals surface area contributed by atoms with Gasteiger partial charge in [0.25, 0.3) is 5.91 Å². The lowest BCUT2D eigenvalue weighted by atomic mass is 9.97. The number of carbonyl (C=O) groups is 2. The summed E-state index contributed by atoms with van der Waals surface area (Å²) >= 11 is 3.34. The van der Waals surface area contributed by atoms with Gasteiger partial charge in [-0.3, -0.25) is 9.59 Å². The Morgan fingerprint density at radius 1 is 1.25 bits per heavy atom. The van der Waals surface area contributed by atoms with Gasteiger partial charge < -0.3 is 9.73 Å². The molecule has 2 aromatic rings. The lowest BCUT2D eigenvalue weighted by Crippen LogP contribution is -2.10. The van der Waals surface area contributed by atoms with Crippen molar-refractivity contribution >= 4 is 33.3 Å². The molecular weight excluding hydrogens is 322 g/mol. The Morgan fingerprint density at radius 2 is 2.10 bits per heavy atom. The second-order valence-corrected chi connectivity index (χ2v) is 5.60. The van der Waals surface area contributed by atoms with Crippen LogP contribution in [0.2, 0.25) is 0 Å². The SMILES string of the molecule is O=C(Nc1cccc(Br)c1)c1cc2c(o1)CCCC2=O. The molecule has 1 aromatic carbocycles. The molecule has 4 nitrogen and oxygen atoms in total. The second kappa shape index (κ2) is 5.25. The van der Waals surface area contributed by atoms with Gasteiger partial charge in [0.1, 0.15) is 5.76 Å². The van der Waals surface area contributed by atoms with Crippen molar-refractivity contribution in [1.29, 1.82) is 0 Å². The summed E-state index contributed by atoms with van der Waals surface area (Å²) in [6.45, 7) is 0. The lowest BCUT2D eigenvalue weighted by molar-refractivity contribution is 0.0963. The molecule has 5 heteroatoms. The average Bonchev–Trinajstić information content (AvgIpc) is 2.84. The van der Waals surface area contributed by atoms with Crippen LogP contribution in [0.3, 0.4) is 0 Å². The van der Waals surface area contributed by atoms with Crippen LogP contribution in [0.1, 0.15) is 39.5 Å². The van der Waals surface area contributed by atoms with E-state index in [0.717, 1.165) is 10.9 Å². The van der Waals surface area contributed by atoms with E-state index in [2.05, 4.69) is 21.2 Å². The molecule has 20 heavy (non-hydrogen) atoms. The summed E-state index contributed by atoms with van der Waals surface area (Å²) in [7, 11) is 0. The third-order valence-electron chi connectivity index (χ3n) is 3.22. The quantitative estimate of drug-likeness (QED) is 0.908. The fraction of sp³-hybridized carbons (Fsp3) is 0.200. The summed E-state index contributed by atoms with van der Waals surface area (Å²) in [4.78, 5) is 23.8. The van der Waals surface area contributed by atoms with E-state index in [1.165, 1.54) is 0 Å². The number of rotatable bonds is 2. The standard InChI is InChI=1S/C15H12BrNO3/c16-9-3-1-4-10(7-9)17-15(19)14-8-11-12(18)5-2-6-13(11)20-14/h1,3-4,7-8H,2,5-6H2,(H,17,19). The van der Waals surface area contributed by atoms with Gasteiger partial charge >= 0.3 is 0 Å². The summed E-state index contributed by atoms with van der Waals surface area (Å²) in [6, 6.07) is 8.84. The van der Waals surface area contributed by atoms with Crippen molar-refractivity contribution in [3.63, 3.8) is 0 Å². The molecule has 1 aliphatic carbocycles. The Hall–Kier alpha value is -1.88. The van der Waals surface area contributed by atoms with E-state index in [9.17, 15) is 9.59 Å². The first-order chi connectivity index (χ1) is 9.63. The van der Waals surface area contributed by atoms with E-state index >= 15 is 0 Å². The summed E-state index contributed by atoms with van der Waals surface area (Å²) in [5, 5.41) is 2.75. The first-order valence-electron chi connectivity index (χ1n) is 6.36. The zero-order valence-corrected chi connectivity index (χ0v) is 12.2. The number of anilines is 1. The topological polar surface area (TPSA) is 59.3 Å². The predicted molar refractivity (Wildman–Crippen MR) is 78.1 cm³/mol. The second-order valence-electron chi connectivity index (χ2n) is 4.69. The molecule has 1 N–H and O–H groups in total. The number of benzene rings is 1. The Bertz CT molecular complexity index is 690. The Labute approximate surface area is 124 Å². The number of nitrogens with one attached hydrogen (secondary N) is 1. The van der Waals surface area contributed by atoms with E-state index in [4.69, 9.17) is 4.42 Å². The maximum atomic E-state index is 12.1. The largest absolute Gasteiger partial charge is 0.455 e. The van der Waals surface area contributed by atoms with E-state index in [0.29, 0.717) is 29.9 Å². The van der Waals surface area contributed by atoms with Crippen molar-refractivity contribution < 1.29 is 14.0 Å². The molecule has 1 aliphatic rings. The number of fused-ring (bicyclic) bond motifs is 1. The third kappa shape index (κ3) is 2.54. The highest BCUT2D eigenvalue weighted by molar-refractivity contribution is 9.10. The van der Waals surface area contributed by atoms with Crippen molar-refractivity contribution in [1.82, 2.24) is 0 Å². The van der Waals surface area contributed by atoms with Gasteiger partial charge in [-0.05, 0) is 24.6 Å². The van der Waals surface area contributed by atoms with E-state index in [1.54, 1.807) is 18.2 Å². The monoisotopic (exact) mass is 333 g/mol. The van der Waals surface area contributed by atoms with Gasteiger partial charge in [-0.25, -0.2) is 0 Å². The number of carbonyl (C=O) groups excluding carboxylic acids is 2. The summed E-state index contributed by atoms with van der Waals surface area (Å²) in [5.74, 6) is 0.521. The van der Waals surface area contributed by atoms with E-state index in [-0.39, 0.29) is 17.5 Å².